The molecule has 140 valence electrons. The fraction of sp³-hybridized carbons (Fsp3) is 0.222. The molecule has 0 bridgehead atoms. The zero-order valence-corrected chi connectivity index (χ0v) is 15.6. The lowest BCUT2D eigenvalue weighted by Crippen LogP contribution is -2.25. The molecule has 2 heterocycles. The van der Waals surface area contributed by atoms with Crippen LogP contribution in [0.15, 0.2) is 48.9 Å². The fourth-order valence-corrected chi connectivity index (χ4v) is 2.58. The third-order valence-corrected chi connectivity index (χ3v) is 4.13. The minimum Gasteiger partial charge on any atom is -0.321 e. The molecule has 0 saturated carbocycles. The normalized spacial score (nSPS) is 11.8. The molecule has 8 nitrogen and oxygen atoms in total. The van der Waals surface area contributed by atoms with Crippen molar-refractivity contribution >= 4 is 34.8 Å². The van der Waals surface area contributed by atoms with E-state index in [0.717, 1.165) is 0 Å². The molecular formula is C18H19ClN6O2. The average Bonchev–Trinajstić information content (AvgIpc) is 3.28. The largest absolute Gasteiger partial charge is 0.321 e. The number of carbonyl (C=O) groups excluding carboxylic acids is 2. The zero-order valence-electron chi connectivity index (χ0n) is 14.9. The van der Waals surface area contributed by atoms with Gasteiger partial charge in [-0.1, -0.05) is 29.8 Å². The number of rotatable bonds is 6. The Bertz CT molecular complexity index is 950. The fourth-order valence-electron chi connectivity index (χ4n) is 2.44. The van der Waals surface area contributed by atoms with Crippen molar-refractivity contribution in [3.8, 4) is 0 Å². The molecule has 27 heavy (non-hydrogen) atoms. The van der Waals surface area contributed by atoms with Crippen LogP contribution >= 0.6 is 11.6 Å². The summed E-state index contributed by atoms with van der Waals surface area (Å²) < 4.78 is 3.04. The van der Waals surface area contributed by atoms with Crippen molar-refractivity contribution in [3.63, 3.8) is 0 Å². The standard InChI is InChI=1S/C18H19ClN6O2/c1-3-24-11-15(22-17(26)12(2)25-10-13(19)9-20-25)16(23-24)18(27)21-14-7-5-4-6-8-14/h4-12H,3H2,1-2H3,(H,21,27)(H,22,26). The number of nitrogens with one attached hydrogen (secondary N) is 2. The number of carbonyl (C=O) groups is 2. The van der Waals surface area contributed by atoms with Gasteiger partial charge in [-0.3, -0.25) is 19.0 Å². The first kappa shape index (κ1) is 18.7. The smallest absolute Gasteiger partial charge is 0.278 e. The average molecular weight is 387 g/mol. The van der Waals surface area contributed by atoms with Gasteiger partial charge in [-0.05, 0) is 26.0 Å². The number of hydrogen-bond acceptors (Lipinski definition) is 4. The van der Waals surface area contributed by atoms with Gasteiger partial charge in [0.2, 0.25) is 5.91 Å². The van der Waals surface area contributed by atoms with Gasteiger partial charge in [-0.15, -0.1) is 0 Å². The molecule has 3 rings (SSSR count). The van der Waals surface area contributed by atoms with Crippen LogP contribution in [-0.4, -0.2) is 31.4 Å². The number of hydrogen-bond donors (Lipinski definition) is 2. The molecule has 9 heteroatoms. The highest BCUT2D eigenvalue weighted by Gasteiger charge is 2.22. The Morgan fingerprint density at radius 2 is 1.93 bits per heavy atom. The number of aryl methyl sites for hydroxylation is 1. The van der Waals surface area contributed by atoms with Gasteiger partial charge in [-0.2, -0.15) is 10.2 Å². The van der Waals surface area contributed by atoms with Crippen LogP contribution in [-0.2, 0) is 11.3 Å². The molecule has 0 aliphatic carbocycles. The lowest BCUT2D eigenvalue weighted by atomic mass is 10.2. The van der Waals surface area contributed by atoms with Gasteiger partial charge in [0.05, 0.1) is 16.9 Å². The second-order valence-corrected chi connectivity index (χ2v) is 6.31. The summed E-state index contributed by atoms with van der Waals surface area (Å²) in [5.41, 5.74) is 1.12. The van der Waals surface area contributed by atoms with Crippen LogP contribution in [0.4, 0.5) is 11.4 Å². The van der Waals surface area contributed by atoms with Crippen LogP contribution < -0.4 is 10.6 Å². The van der Waals surface area contributed by atoms with Gasteiger partial charge in [0.25, 0.3) is 5.91 Å². The lowest BCUT2D eigenvalue weighted by Gasteiger charge is -2.12. The molecule has 3 aromatic rings. The summed E-state index contributed by atoms with van der Waals surface area (Å²) in [5, 5.41) is 14.3. The number of nitrogens with zero attached hydrogens (tertiary/aromatic N) is 4. The first-order chi connectivity index (χ1) is 13.0. The van der Waals surface area contributed by atoms with E-state index < -0.39 is 11.9 Å². The quantitative estimate of drug-likeness (QED) is 0.680. The molecule has 0 fully saturated rings. The zero-order chi connectivity index (χ0) is 19.4. The van der Waals surface area contributed by atoms with E-state index in [4.69, 9.17) is 11.6 Å². The third-order valence-electron chi connectivity index (χ3n) is 3.94. The van der Waals surface area contributed by atoms with E-state index in [2.05, 4.69) is 20.8 Å². The summed E-state index contributed by atoms with van der Waals surface area (Å²) in [4.78, 5) is 25.2. The summed E-state index contributed by atoms with van der Waals surface area (Å²) in [6.45, 7) is 4.14. The Morgan fingerprint density at radius 3 is 2.56 bits per heavy atom. The van der Waals surface area contributed by atoms with E-state index >= 15 is 0 Å². The number of anilines is 2. The molecule has 0 radical (unpaired) electrons. The summed E-state index contributed by atoms with van der Waals surface area (Å²) >= 11 is 5.85. The van der Waals surface area contributed by atoms with Crippen LogP contribution in [0.2, 0.25) is 5.02 Å². The Morgan fingerprint density at radius 1 is 1.19 bits per heavy atom. The van der Waals surface area contributed by atoms with Gasteiger partial charge >= 0.3 is 0 Å². The Balaban J connectivity index is 1.79. The van der Waals surface area contributed by atoms with Crippen molar-refractivity contribution < 1.29 is 9.59 Å². The van der Waals surface area contributed by atoms with E-state index in [9.17, 15) is 9.59 Å². The van der Waals surface area contributed by atoms with Crippen LogP contribution in [0.5, 0.6) is 0 Å². The van der Waals surface area contributed by atoms with Gasteiger partial charge < -0.3 is 10.6 Å². The topological polar surface area (TPSA) is 93.8 Å². The number of aromatic nitrogens is 4. The van der Waals surface area contributed by atoms with Gasteiger partial charge in [-0.25, -0.2) is 0 Å². The number of benzene rings is 1. The molecule has 2 N–H and O–H groups in total. The van der Waals surface area contributed by atoms with Crippen LogP contribution in [0.25, 0.3) is 0 Å². The van der Waals surface area contributed by atoms with Gasteiger partial charge in [0, 0.05) is 24.6 Å². The highest BCUT2D eigenvalue weighted by Crippen LogP contribution is 2.19. The van der Waals surface area contributed by atoms with Crippen LogP contribution in [0.3, 0.4) is 0 Å². The molecule has 0 spiro atoms. The molecule has 1 aromatic carbocycles. The van der Waals surface area contributed by atoms with E-state index in [1.54, 1.807) is 36.1 Å². The van der Waals surface area contributed by atoms with E-state index in [0.29, 0.717) is 22.9 Å². The van der Waals surface area contributed by atoms with Crippen molar-refractivity contribution in [1.82, 2.24) is 19.6 Å². The lowest BCUT2D eigenvalue weighted by molar-refractivity contribution is -0.119. The van der Waals surface area contributed by atoms with Gasteiger partial charge in [0.1, 0.15) is 6.04 Å². The van der Waals surface area contributed by atoms with Crippen LogP contribution in [0, 0.1) is 0 Å². The minimum absolute atomic E-state index is 0.139. The summed E-state index contributed by atoms with van der Waals surface area (Å²) in [6, 6.07) is 8.44. The maximum absolute atomic E-state index is 12.6. The predicted molar refractivity (Wildman–Crippen MR) is 103 cm³/mol. The van der Waals surface area contributed by atoms with E-state index in [-0.39, 0.29) is 11.6 Å². The minimum atomic E-state index is -0.604. The number of amides is 2. The number of para-hydroxylation sites is 1. The van der Waals surface area contributed by atoms with Crippen molar-refractivity contribution in [2.24, 2.45) is 0 Å². The van der Waals surface area contributed by atoms with Crippen LogP contribution in [0.1, 0.15) is 30.4 Å². The second kappa shape index (κ2) is 8.05. The molecule has 2 aromatic heterocycles. The SMILES string of the molecule is CCn1cc(NC(=O)C(C)n2cc(Cl)cn2)c(C(=O)Nc2ccccc2)n1. The molecule has 2 amide bonds. The maximum atomic E-state index is 12.6. The second-order valence-electron chi connectivity index (χ2n) is 5.87. The van der Waals surface area contributed by atoms with Crippen molar-refractivity contribution in [2.45, 2.75) is 26.4 Å². The molecule has 0 saturated heterocycles. The monoisotopic (exact) mass is 386 g/mol. The summed E-state index contributed by atoms with van der Waals surface area (Å²) in [6.07, 6.45) is 4.64. The first-order valence-corrected chi connectivity index (χ1v) is 8.80. The molecule has 0 aliphatic heterocycles. The van der Waals surface area contributed by atoms with E-state index in [1.165, 1.54) is 10.9 Å². The predicted octanol–water partition coefficient (Wildman–Crippen LogP) is 3.20. The Kier molecular flexibility index (Phi) is 5.56. The Labute approximate surface area is 161 Å². The first-order valence-electron chi connectivity index (χ1n) is 8.42. The highest BCUT2D eigenvalue weighted by atomic mass is 35.5. The molecule has 0 aliphatic rings. The summed E-state index contributed by atoms with van der Waals surface area (Å²) in [5.74, 6) is -0.738. The van der Waals surface area contributed by atoms with Crippen molar-refractivity contribution in [1.29, 1.82) is 0 Å². The maximum Gasteiger partial charge on any atom is 0.278 e. The highest BCUT2D eigenvalue weighted by molar-refractivity contribution is 6.30. The van der Waals surface area contributed by atoms with Gasteiger partial charge in [0.15, 0.2) is 5.69 Å². The third kappa shape index (κ3) is 4.35. The molecular weight excluding hydrogens is 368 g/mol. The number of halogens is 1. The van der Waals surface area contributed by atoms with Crippen molar-refractivity contribution in [3.05, 3.63) is 59.6 Å². The van der Waals surface area contributed by atoms with Crippen molar-refractivity contribution in [2.75, 3.05) is 10.6 Å². The summed E-state index contributed by atoms with van der Waals surface area (Å²) in [7, 11) is 0. The van der Waals surface area contributed by atoms with E-state index in [1.807, 2.05) is 25.1 Å². The Hall–Kier alpha value is -3.13. The molecule has 1 unspecified atom stereocenters. The molecule has 1 atom stereocenters.